The van der Waals surface area contributed by atoms with E-state index in [1.54, 1.807) is 12.1 Å². The van der Waals surface area contributed by atoms with Crippen molar-refractivity contribution in [2.75, 3.05) is 38.2 Å². The molecule has 0 aliphatic rings. The van der Waals surface area contributed by atoms with Gasteiger partial charge < -0.3 is 16.0 Å². The van der Waals surface area contributed by atoms with E-state index in [4.69, 9.17) is 28.9 Å². The van der Waals surface area contributed by atoms with Crippen LogP contribution in [0.2, 0.25) is 10.0 Å². The predicted molar refractivity (Wildman–Crippen MR) is 81.7 cm³/mol. The van der Waals surface area contributed by atoms with Crippen LogP contribution in [0.1, 0.15) is 13.8 Å². The van der Waals surface area contributed by atoms with E-state index in [9.17, 15) is 0 Å². The first-order valence-electron chi connectivity index (χ1n) is 5.84. The fourth-order valence-electron chi connectivity index (χ4n) is 2.00. The Labute approximate surface area is 119 Å². The zero-order valence-electron chi connectivity index (χ0n) is 11.3. The van der Waals surface area contributed by atoms with E-state index in [0.717, 1.165) is 18.8 Å². The smallest absolute Gasteiger partial charge is 0.0720 e. The van der Waals surface area contributed by atoms with Crippen molar-refractivity contribution in [3.05, 3.63) is 22.2 Å². The van der Waals surface area contributed by atoms with Gasteiger partial charge in [0, 0.05) is 18.8 Å². The quantitative estimate of drug-likeness (QED) is 0.814. The molecule has 0 radical (unpaired) electrons. The second-order valence-corrected chi connectivity index (χ2v) is 6.43. The third-order valence-corrected chi connectivity index (χ3v) is 3.15. The fraction of sp³-hybridized carbons (Fsp3) is 0.538. The molecule has 3 nitrogen and oxygen atoms in total. The van der Waals surface area contributed by atoms with Crippen LogP contribution in [-0.2, 0) is 0 Å². The number of nitrogens with one attached hydrogen (secondary N) is 1. The van der Waals surface area contributed by atoms with E-state index in [-0.39, 0.29) is 5.41 Å². The number of benzene rings is 1. The van der Waals surface area contributed by atoms with Gasteiger partial charge in [-0.3, -0.25) is 0 Å². The van der Waals surface area contributed by atoms with Crippen molar-refractivity contribution < 1.29 is 0 Å². The highest BCUT2D eigenvalue weighted by molar-refractivity contribution is 6.39. The summed E-state index contributed by atoms with van der Waals surface area (Å²) in [5, 5.41) is 4.42. The van der Waals surface area contributed by atoms with Crippen molar-refractivity contribution in [2.45, 2.75) is 13.8 Å². The van der Waals surface area contributed by atoms with E-state index >= 15 is 0 Å². The van der Waals surface area contributed by atoms with Gasteiger partial charge in [-0.1, -0.05) is 37.0 Å². The Morgan fingerprint density at radius 2 is 1.72 bits per heavy atom. The lowest BCUT2D eigenvalue weighted by molar-refractivity contribution is 0.254. The van der Waals surface area contributed by atoms with E-state index in [1.165, 1.54) is 0 Å². The van der Waals surface area contributed by atoms with Crippen molar-refractivity contribution in [2.24, 2.45) is 5.41 Å². The Balaban J connectivity index is 2.75. The third kappa shape index (κ3) is 4.56. The van der Waals surface area contributed by atoms with Crippen molar-refractivity contribution in [3.63, 3.8) is 0 Å². The topological polar surface area (TPSA) is 41.3 Å². The first-order valence-corrected chi connectivity index (χ1v) is 6.60. The molecular weight excluding hydrogens is 269 g/mol. The highest BCUT2D eigenvalue weighted by atomic mass is 35.5. The molecule has 0 atom stereocenters. The molecule has 0 aromatic heterocycles. The van der Waals surface area contributed by atoms with Crippen molar-refractivity contribution >= 4 is 34.6 Å². The highest BCUT2D eigenvalue weighted by Crippen LogP contribution is 2.33. The zero-order valence-corrected chi connectivity index (χ0v) is 12.9. The number of halogens is 2. The summed E-state index contributed by atoms with van der Waals surface area (Å²) in [6, 6.07) is 3.41. The number of rotatable bonds is 5. The molecule has 102 valence electrons. The van der Waals surface area contributed by atoms with Crippen LogP contribution in [0.25, 0.3) is 0 Å². The largest absolute Gasteiger partial charge is 0.399 e. The normalized spacial score (nSPS) is 11.9. The molecule has 0 aliphatic carbocycles. The summed E-state index contributed by atoms with van der Waals surface area (Å²) in [6.07, 6.45) is 0. The van der Waals surface area contributed by atoms with Crippen molar-refractivity contribution in [1.82, 2.24) is 4.90 Å². The summed E-state index contributed by atoms with van der Waals surface area (Å²) in [7, 11) is 4.12. The van der Waals surface area contributed by atoms with E-state index < -0.39 is 0 Å². The molecule has 1 aromatic carbocycles. The van der Waals surface area contributed by atoms with E-state index in [0.29, 0.717) is 15.7 Å². The number of nitrogen functional groups attached to an aromatic ring is 1. The number of hydrogen-bond donors (Lipinski definition) is 2. The van der Waals surface area contributed by atoms with Crippen LogP contribution in [0.4, 0.5) is 11.4 Å². The maximum Gasteiger partial charge on any atom is 0.0720 e. The molecule has 0 saturated heterocycles. The molecule has 1 aromatic rings. The van der Waals surface area contributed by atoms with Crippen molar-refractivity contribution in [1.29, 1.82) is 0 Å². The lowest BCUT2D eigenvalue weighted by Gasteiger charge is -2.29. The summed E-state index contributed by atoms with van der Waals surface area (Å²) in [4.78, 5) is 2.16. The average Bonchev–Trinajstić information content (AvgIpc) is 2.12. The summed E-state index contributed by atoms with van der Waals surface area (Å²) in [5.74, 6) is 0. The van der Waals surface area contributed by atoms with Crippen LogP contribution >= 0.6 is 23.2 Å². The Morgan fingerprint density at radius 3 is 2.17 bits per heavy atom. The van der Waals surface area contributed by atoms with Gasteiger partial charge in [0.25, 0.3) is 0 Å². The second kappa shape index (κ2) is 6.00. The molecule has 18 heavy (non-hydrogen) atoms. The van der Waals surface area contributed by atoms with Crippen LogP contribution in [0.3, 0.4) is 0 Å². The average molecular weight is 290 g/mol. The molecule has 0 aliphatic heterocycles. The Hall–Kier alpha value is -0.640. The summed E-state index contributed by atoms with van der Waals surface area (Å²) in [6.45, 7) is 6.15. The lowest BCUT2D eigenvalue weighted by atomic mass is 9.93. The van der Waals surface area contributed by atoms with Gasteiger partial charge in [-0.25, -0.2) is 0 Å². The maximum absolute atomic E-state index is 6.13. The number of hydrogen-bond acceptors (Lipinski definition) is 3. The molecule has 0 bridgehead atoms. The van der Waals surface area contributed by atoms with Gasteiger partial charge in [0.05, 0.1) is 15.7 Å². The standard InChI is InChI=1S/C13H21Cl2N3/c1-13(2,8-18(3)4)7-17-12-10(14)5-9(16)6-11(12)15/h5-6,17H,7-8,16H2,1-4H3. The minimum absolute atomic E-state index is 0.123. The first kappa shape index (κ1) is 15.4. The third-order valence-electron chi connectivity index (χ3n) is 2.55. The Kier molecular flexibility index (Phi) is 5.14. The Bertz CT molecular complexity index is 394. The van der Waals surface area contributed by atoms with Crippen molar-refractivity contribution in [3.8, 4) is 0 Å². The van der Waals surface area contributed by atoms with Gasteiger partial charge in [0.1, 0.15) is 0 Å². The lowest BCUT2D eigenvalue weighted by Crippen LogP contribution is -2.34. The number of anilines is 2. The molecular formula is C13H21Cl2N3. The van der Waals surface area contributed by atoms with E-state index in [2.05, 4.69) is 38.2 Å². The molecule has 0 saturated carbocycles. The minimum Gasteiger partial charge on any atom is -0.399 e. The predicted octanol–water partition coefficient (Wildman–Crippen LogP) is 3.58. The first-order chi connectivity index (χ1) is 8.21. The monoisotopic (exact) mass is 289 g/mol. The molecule has 1 rings (SSSR count). The summed E-state index contributed by atoms with van der Waals surface area (Å²) in [5.41, 5.74) is 7.12. The molecule has 0 amide bonds. The second-order valence-electron chi connectivity index (χ2n) is 5.62. The zero-order chi connectivity index (χ0) is 13.9. The fourth-order valence-corrected chi connectivity index (χ4v) is 2.64. The highest BCUT2D eigenvalue weighted by Gasteiger charge is 2.19. The molecule has 5 heteroatoms. The molecule has 0 fully saturated rings. The van der Waals surface area contributed by atoms with Crippen LogP contribution in [-0.4, -0.2) is 32.1 Å². The van der Waals surface area contributed by atoms with Gasteiger partial charge in [0.15, 0.2) is 0 Å². The SMILES string of the molecule is CN(C)CC(C)(C)CNc1c(Cl)cc(N)cc1Cl. The van der Waals surface area contributed by atoms with Crippen LogP contribution in [0, 0.1) is 5.41 Å². The molecule has 0 spiro atoms. The molecule has 0 unspecified atom stereocenters. The van der Waals surface area contributed by atoms with Gasteiger partial charge in [-0.15, -0.1) is 0 Å². The van der Waals surface area contributed by atoms with Gasteiger partial charge >= 0.3 is 0 Å². The number of nitrogens with zero attached hydrogens (tertiary/aromatic N) is 1. The molecule has 3 N–H and O–H groups in total. The maximum atomic E-state index is 6.13. The van der Waals surface area contributed by atoms with Gasteiger partial charge in [-0.2, -0.15) is 0 Å². The van der Waals surface area contributed by atoms with Crippen LogP contribution in [0.5, 0.6) is 0 Å². The van der Waals surface area contributed by atoms with Crippen LogP contribution in [0.15, 0.2) is 12.1 Å². The molecule has 0 heterocycles. The van der Waals surface area contributed by atoms with Gasteiger partial charge in [-0.05, 0) is 31.6 Å². The number of nitrogens with two attached hydrogens (primary N) is 1. The van der Waals surface area contributed by atoms with E-state index in [1.807, 2.05) is 0 Å². The van der Waals surface area contributed by atoms with Crippen LogP contribution < -0.4 is 11.1 Å². The summed E-state index contributed by atoms with van der Waals surface area (Å²) >= 11 is 12.3. The Morgan fingerprint density at radius 1 is 1.22 bits per heavy atom. The minimum atomic E-state index is 0.123. The summed E-state index contributed by atoms with van der Waals surface area (Å²) < 4.78 is 0. The van der Waals surface area contributed by atoms with Gasteiger partial charge in [0.2, 0.25) is 0 Å².